The predicted octanol–water partition coefficient (Wildman–Crippen LogP) is 3.89. The Hall–Kier alpha value is -2.07. The summed E-state index contributed by atoms with van der Waals surface area (Å²) in [5.74, 6) is 0.287. The van der Waals surface area contributed by atoms with Crippen LogP contribution in [0.25, 0.3) is 0 Å². The van der Waals surface area contributed by atoms with Crippen molar-refractivity contribution in [2.75, 3.05) is 19.5 Å². The number of carbonyl (C=O) groups is 2. The third-order valence-corrected chi connectivity index (χ3v) is 5.91. The minimum atomic E-state index is -0.539. The number of ether oxygens (including phenoxy) is 1. The first-order chi connectivity index (χ1) is 13.0. The highest BCUT2D eigenvalue weighted by Crippen LogP contribution is 2.29. The zero-order chi connectivity index (χ0) is 19.4. The fourth-order valence-electron chi connectivity index (χ4n) is 2.45. The van der Waals surface area contributed by atoms with Gasteiger partial charge in [-0.3, -0.25) is 14.5 Å². The summed E-state index contributed by atoms with van der Waals surface area (Å²) in [7, 11) is 3.25. The Bertz CT molecular complexity index is 886. The highest BCUT2D eigenvalue weighted by atomic mass is 127. The van der Waals surface area contributed by atoms with Crippen LogP contribution in [0, 0.1) is 3.57 Å². The van der Waals surface area contributed by atoms with Crippen LogP contribution in [-0.4, -0.2) is 41.3 Å². The molecule has 1 aliphatic rings. The third-order valence-electron chi connectivity index (χ3n) is 3.95. The van der Waals surface area contributed by atoms with Crippen LogP contribution >= 0.6 is 34.4 Å². The van der Waals surface area contributed by atoms with Crippen LogP contribution in [0.2, 0.25) is 0 Å². The normalized spacial score (nSPS) is 18.5. The number of amidine groups is 1. The Balaban J connectivity index is 1.76. The van der Waals surface area contributed by atoms with Gasteiger partial charge in [-0.25, -0.2) is 4.99 Å². The van der Waals surface area contributed by atoms with Crippen LogP contribution in [0.15, 0.2) is 53.5 Å². The second-order valence-corrected chi connectivity index (χ2v) is 8.27. The van der Waals surface area contributed by atoms with E-state index in [1.807, 2.05) is 24.3 Å². The maximum absolute atomic E-state index is 12.7. The topological polar surface area (TPSA) is 71.0 Å². The van der Waals surface area contributed by atoms with Gasteiger partial charge in [0.15, 0.2) is 5.17 Å². The predicted molar refractivity (Wildman–Crippen MR) is 117 cm³/mol. The molecule has 2 aromatic rings. The molecule has 140 valence electrons. The van der Waals surface area contributed by atoms with Gasteiger partial charge in [0, 0.05) is 28.8 Å². The molecule has 0 saturated carbocycles. The van der Waals surface area contributed by atoms with Crippen molar-refractivity contribution in [2.24, 2.45) is 4.99 Å². The van der Waals surface area contributed by atoms with Crippen molar-refractivity contribution >= 4 is 62.7 Å². The highest BCUT2D eigenvalue weighted by molar-refractivity contribution is 14.1. The number of amides is 2. The molecule has 0 aromatic heterocycles. The van der Waals surface area contributed by atoms with Crippen molar-refractivity contribution in [3.05, 3.63) is 52.1 Å². The molecule has 0 aliphatic carbocycles. The molecule has 1 unspecified atom stereocenters. The molecule has 1 saturated heterocycles. The Morgan fingerprint density at radius 3 is 2.74 bits per heavy atom. The quantitative estimate of drug-likeness (QED) is 0.654. The smallest absolute Gasteiger partial charge is 0.238 e. The van der Waals surface area contributed by atoms with Crippen LogP contribution in [-0.2, 0) is 9.59 Å². The third kappa shape index (κ3) is 5.01. The molecule has 1 atom stereocenters. The summed E-state index contributed by atoms with van der Waals surface area (Å²) < 4.78 is 6.27. The molecule has 2 amide bonds. The molecule has 0 spiro atoms. The molecule has 8 heteroatoms. The number of methoxy groups -OCH3 is 1. The lowest BCUT2D eigenvalue weighted by Crippen LogP contribution is -2.43. The number of carbonyl (C=O) groups excluding carboxylic acids is 2. The number of nitrogens with zero attached hydrogens (tertiary/aromatic N) is 2. The summed E-state index contributed by atoms with van der Waals surface area (Å²) in [6.45, 7) is 0. The maximum Gasteiger partial charge on any atom is 0.238 e. The van der Waals surface area contributed by atoms with Gasteiger partial charge in [0.25, 0.3) is 0 Å². The molecule has 1 heterocycles. The van der Waals surface area contributed by atoms with Gasteiger partial charge in [0.1, 0.15) is 11.0 Å². The lowest BCUT2D eigenvalue weighted by molar-refractivity contribution is -0.128. The van der Waals surface area contributed by atoms with E-state index in [1.165, 1.54) is 16.7 Å². The standard InChI is InChI=1S/C19H18IN3O3S/c1-23-17(24)11-16(18(25)21-14-4-3-5-15(10-14)26-2)27-19(23)22-13-8-6-12(20)7-9-13/h3-10,16H,11H2,1-2H3,(H,21,25). The maximum atomic E-state index is 12.7. The number of rotatable bonds is 4. The van der Waals surface area contributed by atoms with Crippen LogP contribution in [0.4, 0.5) is 11.4 Å². The van der Waals surface area contributed by atoms with E-state index in [9.17, 15) is 9.59 Å². The summed E-state index contributed by atoms with van der Waals surface area (Å²) in [6, 6.07) is 14.8. The number of aliphatic imine (C=N–C) groups is 1. The van der Waals surface area contributed by atoms with Crippen LogP contribution in [0.3, 0.4) is 0 Å². The van der Waals surface area contributed by atoms with Crippen molar-refractivity contribution in [1.29, 1.82) is 0 Å². The zero-order valence-electron chi connectivity index (χ0n) is 14.8. The first-order valence-electron chi connectivity index (χ1n) is 8.18. The number of halogens is 1. The number of nitrogens with one attached hydrogen (secondary N) is 1. The molecule has 0 radical (unpaired) electrons. The van der Waals surface area contributed by atoms with Crippen LogP contribution in [0.1, 0.15) is 6.42 Å². The fraction of sp³-hybridized carbons (Fsp3) is 0.211. The van der Waals surface area contributed by atoms with Gasteiger partial charge in [-0.1, -0.05) is 17.8 Å². The first kappa shape index (κ1) is 19.7. The summed E-state index contributed by atoms with van der Waals surface area (Å²) in [5, 5.41) is 2.82. The molecule has 2 aromatic carbocycles. The highest BCUT2D eigenvalue weighted by Gasteiger charge is 2.34. The van der Waals surface area contributed by atoms with Crippen molar-refractivity contribution in [3.63, 3.8) is 0 Å². The van der Waals surface area contributed by atoms with E-state index in [0.717, 1.165) is 9.26 Å². The number of hydrogen-bond donors (Lipinski definition) is 1. The van der Waals surface area contributed by atoms with Gasteiger partial charge >= 0.3 is 0 Å². The van der Waals surface area contributed by atoms with E-state index in [1.54, 1.807) is 38.4 Å². The number of hydrogen-bond acceptors (Lipinski definition) is 5. The average molecular weight is 495 g/mol. The van der Waals surface area contributed by atoms with E-state index in [2.05, 4.69) is 32.9 Å². The minimum Gasteiger partial charge on any atom is -0.497 e. The number of benzene rings is 2. The second-order valence-electron chi connectivity index (χ2n) is 5.86. The Kier molecular flexibility index (Phi) is 6.38. The molecule has 27 heavy (non-hydrogen) atoms. The first-order valence-corrected chi connectivity index (χ1v) is 10.1. The summed E-state index contributed by atoms with van der Waals surface area (Å²) in [5.41, 5.74) is 1.37. The minimum absolute atomic E-state index is 0.128. The van der Waals surface area contributed by atoms with Gasteiger partial charge in [0.2, 0.25) is 11.8 Å². The van der Waals surface area contributed by atoms with Crippen LogP contribution < -0.4 is 10.1 Å². The zero-order valence-corrected chi connectivity index (χ0v) is 17.8. The fourth-order valence-corrected chi connectivity index (χ4v) is 3.87. The molecular formula is C19H18IN3O3S. The molecule has 6 nitrogen and oxygen atoms in total. The van der Waals surface area contributed by atoms with E-state index in [-0.39, 0.29) is 18.2 Å². The van der Waals surface area contributed by atoms with Gasteiger partial charge in [0.05, 0.1) is 12.8 Å². The second kappa shape index (κ2) is 8.75. The van der Waals surface area contributed by atoms with E-state index in [4.69, 9.17) is 4.74 Å². The summed E-state index contributed by atoms with van der Waals surface area (Å²) in [6.07, 6.45) is 0.128. The Labute approximate surface area is 175 Å². The largest absolute Gasteiger partial charge is 0.497 e. The molecule has 1 N–H and O–H groups in total. The van der Waals surface area contributed by atoms with Crippen molar-refractivity contribution in [2.45, 2.75) is 11.7 Å². The van der Waals surface area contributed by atoms with Gasteiger partial charge in [-0.2, -0.15) is 0 Å². The molecule has 1 fully saturated rings. The van der Waals surface area contributed by atoms with Gasteiger partial charge in [-0.05, 0) is 59.0 Å². The Morgan fingerprint density at radius 1 is 1.30 bits per heavy atom. The Morgan fingerprint density at radius 2 is 2.04 bits per heavy atom. The van der Waals surface area contributed by atoms with Crippen molar-refractivity contribution in [3.8, 4) is 5.75 Å². The SMILES string of the molecule is COc1cccc(NC(=O)C2CC(=O)N(C)C(=Nc3ccc(I)cc3)S2)c1. The van der Waals surface area contributed by atoms with Crippen molar-refractivity contribution < 1.29 is 14.3 Å². The van der Waals surface area contributed by atoms with E-state index >= 15 is 0 Å². The monoisotopic (exact) mass is 495 g/mol. The molecule has 1 aliphatic heterocycles. The lowest BCUT2D eigenvalue weighted by Gasteiger charge is -2.28. The lowest BCUT2D eigenvalue weighted by atomic mass is 10.2. The van der Waals surface area contributed by atoms with E-state index in [0.29, 0.717) is 16.6 Å². The van der Waals surface area contributed by atoms with E-state index < -0.39 is 5.25 Å². The average Bonchev–Trinajstić information content (AvgIpc) is 2.67. The molecule has 0 bridgehead atoms. The molecular weight excluding hydrogens is 477 g/mol. The van der Waals surface area contributed by atoms with Gasteiger partial charge in [-0.15, -0.1) is 0 Å². The summed E-state index contributed by atoms with van der Waals surface area (Å²) >= 11 is 3.51. The molecule has 3 rings (SSSR count). The number of anilines is 1. The van der Waals surface area contributed by atoms with Crippen LogP contribution in [0.5, 0.6) is 5.75 Å². The number of thioether (sulfide) groups is 1. The van der Waals surface area contributed by atoms with Crippen molar-refractivity contribution in [1.82, 2.24) is 4.90 Å². The summed E-state index contributed by atoms with van der Waals surface area (Å²) in [4.78, 5) is 31.0. The van der Waals surface area contributed by atoms with Gasteiger partial charge < -0.3 is 10.1 Å².